The van der Waals surface area contributed by atoms with Gasteiger partial charge in [0.25, 0.3) is 5.91 Å². The molecule has 0 aliphatic heterocycles. The number of ether oxygens (including phenoxy) is 1. The molecule has 35 heavy (non-hydrogen) atoms. The fourth-order valence-electron chi connectivity index (χ4n) is 4.08. The number of para-hydroxylation sites is 1. The van der Waals surface area contributed by atoms with E-state index in [1.165, 1.54) is 0 Å². The lowest BCUT2D eigenvalue weighted by Gasteiger charge is -2.10. The number of hydrogen-bond acceptors (Lipinski definition) is 4. The normalized spacial score (nSPS) is 11.1. The van der Waals surface area contributed by atoms with Gasteiger partial charge in [0.05, 0.1) is 24.7 Å². The maximum Gasteiger partial charge on any atom is 0.291 e. The molecule has 0 atom stereocenters. The Bertz CT molecular complexity index is 1550. The third kappa shape index (κ3) is 4.54. The van der Waals surface area contributed by atoms with E-state index in [1.807, 2.05) is 84.4 Å². The molecule has 5 aromatic rings. The number of carbonyl (C=O) groups is 1. The van der Waals surface area contributed by atoms with Gasteiger partial charge in [-0.3, -0.25) is 4.79 Å². The summed E-state index contributed by atoms with van der Waals surface area (Å²) in [7, 11) is 1.60. The Morgan fingerprint density at radius 3 is 2.57 bits per heavy atom. The van der Waals surface area contributed by atoms with Crippen molar-refractivity contribution in [1.82, 2.24) is 15.2 Å². The number of hydrazone groups is 1. The van der Waals surface area contributed by atoms with Gasteiger partial charge in [-0.05, 0) is 53.6 Å². The SMILES string of the molecule is COc1ccccc1/C=N\NC(=O)c1cc(-c2cccc3ccccc23)n(-c2cccc(C)c2)n1. The molecular formula is C29H24N4O2. The second-order valence-electron chi connectivity index (χ2n) is 8.13. The molecule has 6 heteroatoms. The van der Waals surface area contributed by atoms with E-state index in [0.29, 0.717) is 5.75 Å². The van der Waals surface area contributed by atoms with Gasteiger partial charge in [0, 0.05) is 11.1 Å². The van der Waals surface area contributed by atoms with Crippen molar-refractivity contribution in [2.75, 3.05) is 7.11 Å². The minimum Gasteiger partial charge on any atom is -0.496 e. The van der Waals surface area contributed by atoms with Gasteiger partial charge in [-0.15, -0.1) is 0 Å². The Labute approximate surface area is 203 Å². The van der Waals surface area contributed by atoms with E-state index in [4.69, 9.17) is 4.74 Å². The molecule has 0 fully saturated rings. The molecule has 0 bridgehead atoms. The van der Waals surface area contributed by atoms with Gasteiger partial charge < -0.3 is 4.74 Å². The van der Waals surface area contributed by atoms with Crippen molar-refractivity contribution < 1.29 is 9.53 Å². The van der Waals surface area contributed by atoms with Gasteiger partial charge >= 0.3 is 0 Å². The monoisotopic (exact) mass is 460 g/mol. The number of aryl methyl sites for hydroxylation is 1. The average molecular weight is 461 g/mol. The summed E-state index contributed by atoms with van der Waals surface area (Å²) in [6.07, 6.45) is 1.56. The second-order valence-corrected chi connectivity index (χ2v) is 8.13. The van der Waals surface area contributed by atoms with Crippen LogP contribution in [0.3, 0.4) is 0 Å². The van der Waals surface area contributed by atoms with E-state index in [0.717, 1.165) is 38.8 Å². The Hall–Kier alpha value is -4.71. The van der Waals surface area contributed by atoms with Crippen LogP contribution >= 0.6 is 0 Å². The maximum absolute atomic E-state index is 13.0. The molecule has 0 radical (unpaired) electrons. The minimum atomic E-state index is -0.399. The smallest absolute Gasteiger partial charge is 0.291 e. The summed E-state index contributed by atoms with van der Waals surface area (Å²) >= 11 is 0. The van der Waals surface area contributed by atoms with Crippen molar-refractivity contribution >= 4 is 22.9 Å². The lowest BCUT2D eigenvalue weighted by atomic mass is 10.0. The second kappa shape index (κ2) is 9.65. The number of aromatic nitrogens is 2. The molecule has 0 aliphatic carbocycles. The standard InChI is InChI=1S/C29H24N4O2/c1-20-9-7-13-23(17-20)33-27(25-15-8-12-21-10-3-5-14-24(21)25)18-26(32-33)29(34)31-30-19-22-11-4-6-16-28(22)35-2/h3-19H,1-2H3,(H,31,34)/b30-19-. The van der Waals surface area contributed by atoms with Gasteiger partial charge in [0.1, 0.15) is 5.75 Å². The number of methoxy groups -OCH3 is 1. The van der Waals surface area contributed by atoms with E-state index < -0.39 is 5.91 Å². The number of nitrogens with zero attached hydrogens (tertiary/aromatic N) is 3. The Morgan fingerprint density at radius 2 is 1.71 bits per heavy atom. The molecule has 1 aromatic heterocycles. The first-order chi connectivity index (χ1) is 17.1. The molecule has 1 heterocycles. The van der Waals surface area contributed by atoms with Gasteiger partial charge in [0.2, 0.25) is 0 Å². The highest BCUT2D eigenvalue weighted by atomic mass is 16.5. The van der Waals surface area contributed by atoms with E-state index >= 15 is 0 Å². The summed E-state index contributed by atoms with van der Waals surface area (Å²) in [4.78, 5) is 13.0. The molecule has 172 valence electrons. The average Bonchev–Trinajstić information content (AvgIpc) is 3.34. The zero-order valence-electron chi connectivity index (χ0n) is 19.5. The molecule has 0 spiro atoms. The molecule has 1 amide bonds. The maximum atomic E-state index is 13.0. The predicted molar refractivity (Wildman–Crippen MR) is 139 cm³/mol. The number of hydrogen-bond donors (Lipinski definition) is 1. The number of amides is 1. The molecule has 6 nitrogen and oxygen atoms in total. The number of fused-ring (bicyclic) bond motifs is 1. The first-order valence-electron chi connectivity index (χ1n) is 11.3. The van der Waals surface area contributed by atoms with Crippen LogP contribution in [0.2, 0.25) is 0 Å². The van der Waals surface area contributed by atoms with E-state index in [1.54, 1.807) is 19.4 Å². The van der Waals surface area contributed by atoms with E-state index in [-0.39, 0.29) is 5.69 Å². The third-order valence-electron chi connectivity index (χ3n) is 5.76. The lowest BCUT2D eigenvalue weighted by Crippen LogP contribution is -2.18. The zero-order chi connectivity index (χ0) is 24.2. The highest BCUT2D eigenvalue weighted by molar-refractivity contribution is 5.99. The fourth-order valence-corrected chi connectivity index (χ4v) is 4.08. The summed E-state index contributed by atoms with van der Waals surface area (Å²) in [5.74, 6) is 0.275. The lowest BCUT2D eigenvalue weighted by molar-refractivity contribution is 0.0949. The Balaban J connectivity index is 1.54. The van der Waals surface area contributed by atoms with Crippen molar-refractivity contribution in [3.63, 3.8) is 0 Å². The van der Waals surface area contributed by atoms with Gasteiger partial charge in [-0.2, -0.15) is 10.2 Å². The first-order valence-corrected chi connectivity index (χ1v) is 11.3. The fraction of sp³-hybridized carbons (Fsp3) is 0.0690. The van der Waals surface area contributed by atoms with Crippen LogP contribution in [0.5, 0.6) is 5.75 Å². The van der Waals surface area contributed by atoms with Crippen molar-refractivity contribution in [2.45, 2.75) is 6.92 Å². The number of benzene rings is 4. The first kappa shape index (κ1) is 22.1. The summed E-state index contributed by atoms with van der Waals surface area (Å²) < 4.78 is 7.14. The molecule has 0 saturated heterocycles. The topological polar surface area (TPSA) is 68.5 Å². The van der Waals surface area contributed by atoms with Crippen molar-refractivity contribution in [2.24, 2.45) is 5.10 Å². The van der Waals surface area contributed by atoms with E-state index in [2.05, 4.69) is 33.8 Å². The van der Waals surface area contributed by atoms with Crippen molar-refractivity contribution in [1.29, 1.82) is 0 Å². The molecule has 5 rings (SSSR count). The highest BCUT2D eigenvalue weighted by Crippen LogP contribution is 2.31. The number of nitrogens with one attached hydrogen (secondary N) is 1. The molecule has 4 aromatic carbocycles. The summed E-state index contributed by atoms with van der Waals surface area (Å²) in [5.41, 5.74) is 7.43. The number of rotatable bonds is 6. The van der Waals surface area contributed by atoms with Crippen LogP contribution in [0.4, 0.5) is 0 Å². The van der Waals surface area contributed by atoms with Crippen LogP contribution in [0.1, 0.15) is 21.6 Å². The third-order valence-corrected chi connectivity index (χ3v) is 5.76. The summed E-state index contributed by atoms with van der Waals surface area (Å²) in [5, 5.41) is 11.0. The zero-order valence-corrected chi connectivity index (χ0v) is 19.5. The van der Waals surface area contributed by atoms with E-state index in [9.17, 15) is 4.79 Å². The predicted octanol–water partition coefficient (Wildman–Crippen LogP) is 5.77. The van der Waals surface area contributed by atoms with Crippen LogP contribution in [-0.4, -0.2) is 29.0 Å². The Kier molecular flexibility index (Phi) is 6.09. The van der Waals surface area contributed by atoms with Crippen LogP contribution in [-0.2, 0) is 0 Å². The van der Waals surface area contributed by atoms with Gasteiger partial charge in [-0.25, -0.2) is 10.1 Å². The van der Waals surface area contributed by atoms with Gasteiger partial charge in [0.15, 0.2) is 5.69 Å². The molecule has 0 aliphatic rings. The quantitative estimate of drug-likeness (QED) is 0.258. The Morgan fingerprint density at radius 1 is 0.943 bits per heavy atom. The molecule has 1 N–H and O–H groups in total. The summed E-state index contributed by atoms with van der Waals surface area (Å²) in [6.45, 7) is 2.03. The van der Waals surface area contributed by atoms with Crippen molar-refractivity contribution in [3.05, 3.63) is 114 Å². The minimum absolute atomic E-state index is 0.270. The highest BCUT2D eigenvalue weighted by Gasteiger charge is 2.18. The summed E-state index contributed by atoms with van der Waals surface area (Å²) in [6, 6.07) is 31.6. The number of carbonyl (C=O) groups excluding carboxylic acids is 1. The largest absolute Gasteiger partial charge is 0.496 e. The van der Waals surface area contributed by atoms with Gasteiger partial charge in [-0.1, -0.05) is 66.7 Å². The van der Waals surface area contributed by atoms with Crippen LogP contribution < -0.4 is 10.2 Å². The van der Waals surface area contributed by atoms with Crippen molar-refractivity contribution in [3.8, 4) is 22.7 Å². The molecule has 0 saturated carbocycles. The molecular weight excluding hydrogens is 436 g/mol. The van der Waals surface area contributed by atoms with Crippen LogP contribution in [0, 0.1) is 6.92 Å². The van der Waals surface area contributed by atoms with Crippen LogP contribution in [0.15, 0.2) is 102 Å². The molecule has 0 unspecified atom stereocenters. The van der Waals surface area contributed by atoms with Crippen LogP contribution in [0.25, 0.3) is 27.7 Å².